The molecule has 1 aliphatic rings. The van der Waals surface area contributed by atoms with Gasteiger partial charge in [0.25, 0.3) is 5.91 Å². The topological polar surface area (TPSA) is 114 Å². The molecule has 1 amide bonds. The second-order valence-electron chi connectivity index (χ2n) is 8.16. The quantitative estimate of drug-likeness (QED) is 0.411. The van der Waals surface area contributed by atoms with E-state index in [4.69, 9.17) is 4.42 Å². The van der Waals surface area contributed by atoms with E-state index in [2.05, 4.69) is 4.90 Å². The number of thiophene rings is 1. The van der Waals surface area contributed by atoms with E-state index in [-0.39, 0.29) is 46.4 Å². The van der Waals surface area contributed by atoms with E-state index in [0.29, 0.717) is 42.2 Å². The van der Waals surface area contributed by atoms with E-state index in [1.807, 2.05) is 17.5 Å². The number of phenols is 3. The molecular formula is C25H22N2O6S. The molecule has 8 nitrogen and oxygen atoms in total. The van der Waals surface area contributed by atoms with Crippen LogP contribution >= 0.6 is 11.3 Å². The maximum absolute atomic E-state index is 12.8. The first-order chi connectivity index (χ1) is 16.4. The predicted molar refractivity (Wildman–Crippen MR) is 128 cm³/mol. The van der Waals surface area contributed by atoms with Gasteiger partial charge in [-0.2, -0.15) is 0 Å². The van der Waals surface area contributed by atoms with Gasteiger partial charge in [-0.15, -0.1) is 11.3 Å². The Morgan fingerprint density at radius 2 is 1.71 bits per heavy atom. The number of carbonyl (C=O) groups excluding carboxylic acids is 1. The Bertz CT molecular complexity index is 1400. The molecule has 2 aromatic heterocycles. The average Bonchev–Trinajstić information content (AvgIpc) is 3.36. The van der Waals surface area contributed by atoms with Crippen LogP contribution < -0.4 is 5.43 Å². The summed E-state index contributed by atoms with van der Waals surface area (Å²) in [5.41, 5.74) is 0.648. The number of amides is 1. The normalized spacial score (nSPS) is 14.5. The molecule has 0 bridgehead atoms. The van der Waals surface area contributed by atoms with Crippen molar-refractivity contribution in [3.05, 3.63) is 74.6 Å². The molecule has 1 aliphatic heterocycles. The molecule has 174 valence electrons. The van der Waals surface area contributed by atoms with Gasteiger partial charge in [-0.05, 0) is 35.7 Å². The van der Waals surface area contributed by atoms with Crippen molar-refractivity contribution in [2.24, 2.45) is 0 Å². The van der Waals surface area contributed by atoms with Crippen LogP contribution in [0.3, 0.4) is 0 Å². The Morgan fingerprint density at radius 1 is 0.971 bits per heavy atom. The van der Waals surface area contributed by atoms with Crippen molar-refractivity contribution in [2.75, 3.05) is 26.2 Å². The van der Waals surface area contributed by atoms with Crippen molar-refractivity contribution in [2.45, 2.75) is 6.54 Å². The second-order valence-corrected chi connectivity index (χ2v) is 9.11. The van der Waals surface area contributed by atoms with Crippen LogP contribution in [0.4, 0.5) is 0 Å². The van der Waals surface area contributed by atoms with Crippen LogP contribution in [-0.4, -0.2) is 57.2 Å². The largest absolute Gasteiger partial charge is 0.508 e. The summed E-state index contributed by atoms with van der Waals surface area (Å²) in [6.45, 7) is 2.53. The number of nitrogens with zero attached hydrogens (tertiary/aromatic N) is 2. The molecule has 0 atom stereocenters. The third-order valence-corrected chi connectivity index (χ3v) is 6.84. The zero-order valence-electron chi connectivity index (χ0n) is 18.1. The van der Waals surface area contributed by atoms with Crippen molar-refractivity contribution < 1.29 is 24.5 Å². The highest BCUT2D eigenvalue weighted by molar-refractivity contribution is 7.12. The lowest BCUT2D eigenvalue weighted by molar-refractivity contribution is 0.0632. The molecule has 0 radical (unpaired) electrons. The highest BCUT2D eigenvalue weighted by Gasteiger charge is 2.25. The maximum atomic E-state index is 12.8. The van der Waals surface area contributed by atoms with Gasteiger partial charge >= 0.3 is 0 Å². The number of hydrogen-bond donors (Lipinski definition) is 3. The smallest absolute Gasteiger partial charge is 0.264 e. The molecule has 1 saturated heterocycles. The monoisotopic (exact) mass is 478 g/mol. The number of carbonyl (C=O) groups is 1. The molecule has 5 rings (SSSR count). The van der Waals surface area contributed by atoms with E-state index < -0.39 is 5.43 Å². The minimum absolute atomic E-state index is 0.00170. The zero-order valence-corrected chi connectivity index (χ0v) is 18.9. The fourth-order valence-corrected chi connectivity index (χ4v) is 4.85. The van der Waals surface area contributed by atoms with Crippen molar-refractivity contribution in [1.82, 2.24) is 9.80 Å². The first-order valence-electron chi connectivity index (χ1n) is 10.8. The van der Waals surface area contributed by atoms with E-state index in [1.54, 1.807) is 17.0 Å². The molecule has 3 heterocycles. The summed E-state index contributed by atoms with van der Waals surface area (Å²) in [5, 5.41) is 32.4. The van der Waals surface area contributed by atoms with Crippen LogP contribution in [0.15, 0.2) is 63.1 Å². The fourth-order valence-electron chi connectivity index (χ4n) is 4.16. The summed E-state index contributed by atoms with van der Waals surface area (Å²) in [6, 6.07) is 12.3. The SMILES string of the molecule is O=C(c1cccs1)N1CCN(Cc2c(O)cc(O)c3c(=O)cc(-c4ccc(O)cc4)oc23)CC1. The number of aromatic hydroxyl groups is 3. The first kappa shape index (κ1) is 22.0. The predicted octanol–water partition coefficient (Wildman–Crippen LogP) is 3.60. The second kappa shape index (κ2) is 8.85. The minimum atomic E-state index is -0.436. The summed E-state index contributed by atoms with van der Waals surface area (Å²) in [4.78, 5) is 30.0. The van der Waals surface area contributed by atoms with E-state index in [0.717, 1.165) is 6.07 Å². The summed E-state index contributed by atoms with van der Waals surface area (Å²) in [7, 11) is 0. The molecule has 3 N–H and O–H groups in total. The van der Waals surface area contributed by atoms with Crippen LogP contribution in [0.2, 0.25) is 0 Å². The number of rotatable bonds is 4. The molecule has 34 heavy (non-hydrogen) atoms. The molecule has 4 aromatic rings. The zero-order chi connectivity index (χ0) is 23.8. The van der Waals surface area contributed by atoms with Gasteiger partial charge in [0.15, 0.2) is 11.0 Å². The van der Waals surface area contributed by atoms with Gasteiger partial charge in [-0.3, -0.25) is 14.5 Å². The maximum Gasteiger partial charge on any atom is 0.264 e. The van der Waals surface area contributed by atoms with Crippen LogP contribution in [0.1, 0.15) is 15.2 Å². The van der Waals surface area contributed by atoms with Gasteiger partial charge in [0.05, 0.1) is 10.4 Å². The molecule has 9 heteroatoms. The Labute approximate surface area is 198 Å². The van der Waals surface area contributed by atoms with Crippen LogP contribution in [0.25, 0.3) is 22.3 Å². The number of hydrogen-bond acceptors (Lipinski definition) is 8. The molecule has 0 aliphatic carbocycles. The van der Waals surface area contributed by atoms with Crippen LogP contribution in [-0.2, 0) is 6.54 Å². The van der Waals surface area contributed by atoms with Gasteiger partial charge in [0.2, 0.25) is 0 Å². The van der Waals surface area contributed by atoms with E-state index in [9.17, 15) is 24.9 Å². The lowest BCUT2D eigenvalue weighted by Crippen LogP contribution is -2.48. The van der Waals surface area contributed by atoms with Crippen molar-refractivity contribution >= 4 is 28.2 Å². The van der Waals surface area contributed by atoms with Gasteiger partial charge in [0, 0.05) is 50.4 Å². The molecular weight excluding hydrogens is 456 g/mol. The number of piperazine rings is 1. The third kappa shape index (κ3) is 4.11. The Morgan fingerprint density at radius 3 is 2.38 bits per heavy atom. The molecule has 0 spiro atoms. The van der Waals surface area contributed by atoms with E-state index >= 15 is 0 Å². The van der Waals surface area contributed by atoms with Gasteiger partial charge < -0.3 is 24.6 Å². The standard InChI is InChI=1S/C25H22N2O6S/c28-16-5-3-15(4-6-16)21-13-20(31)23-19(30)12-18(29)17(24(23)33-21)14-26-7-9-27(10-8-26)25(32)22-2-1-11-34-22/h1-6,11-13,28-30H,7-10,14H2. The Balaban J connectivity index is 1.44. The number of fused-ring (bicyclic) bond motifs is 1. The lowest BCUT2D eigenvalue weighted by Gasteiger charge is -2.34. The molecule has 1 fully saturated rings. The summed E-state index contributed by atoms with van der Waals surface area (Å²) in [6.07, 6.45) is 0. The number of phenolic OH excluding ortho intramolecular Hbond substituents is 3. The van der Waals surface area contributed by atoms with E-state index in [1.165, 1.54) is 29.5 Å². The van der Waals surface area contributed by atoms with Crippen molar-refractivity contribution in [3.8, 4) is 28.6 Å². The third-order valence-electron chi connectivity index (χ3n) is 5.99. The highest BCUT2D eigenvalue weighted by Crippen LogP contribution is 2.36. The Kier molecular flexibility index (Phi) is 5.72. The summed E-state index contributed by atoms with van der Waals surface area (Å²) >= 11 is 1.42. The minimum Gasteiger partial charge on any atom is -0.508 e. The van der Waals surface area contributed by atoms with Gasteiger partial charge in [0.1, 0.15) is 28.4 Å². The first-order valence-corrected chi connectivity index (χ1v) is 11.6. The average molecular weight is 479 g/mol. The van der Waals surface area contributed by atoms with Gasteiger partial charge in [-0.1, -0.05) is 6.07 Å². The molecule has 2 aromatic carbocycles. The summed E-state index contributed by atoms with van der Waals surface area (Å²) < 4.78 is 6.02. The Hall–Kier alpha value is -3.82. The van der Waals surface area contributed by atoms with Gasteiger partial charge in [-0.25, -0.2) is 0 Å². The fraction of sp³-hybridized carbons (Fsp3) is 0.200. The number of benzene rings is 2. The van der Waals surface area contributed by atoms with Crippen LogP contribution in [0.5, 0.6) is 17.2 Å². The van der Waals surface area contributed by atoms with Crippen LogP contribution in [0, 0.1) is 0 Å². The lowest BCUT2D eigenvalue weighted by atomic mass is 10.1. The highest BCUT2D eigenvalue weighted by atomic mass is 32.1. The van der Waals surface area contributed by atoms with Crippen molar-refractivity contribution in [3.63, 3.8) is 0 Å². The molecule has 0 saturated carbocycles. The summed E-state index contributed by atoms with van der Waals surface area (Å²) in [5.74, 6) is -0.173. The van der Waals surface area contributed by atoms with Crippen molar-refractivity contribution in [1.29, 1.82) is 0 Å². The molecule has 0 unspecified atom stereocenters.